The predicted molar refractivity (Wildman–Crippen MR) is 78.3 cm³/mol. The molecule has 1 unspecified atom stereocenters. The molecule has 1 aromatic rings. The Labute approximate surface area is 115 Å². The molecule has 0 spiro atoms. The van der Waals surface area contributed by atoms with Gasteiger partial charge < -0.3 is 15.7 Å². The number of hydrogen-bond acceptors (Lipinski definition) is 2. The van der Waals surface area contributed by atoms with Crippen LogP contribution in [-0.2, 0) is 0 Å². The molecule has 106 valence electrons. The van der Waals surface area contributed by atoms with Crippen molar-refractivity contribution >= 4 is 11.7 Å². The van der Waals surface area contributed by atoms with E-state index in [9.17, 15) is 4.79 Å². The van der Waals surface area contributed by atoms with E-state index in [1.165, 1.54) is 0 Å². The van der Waals surface area contributed by atoms with Crippen molar-refractivity contribution in [3.8, 4) is 0 Å². The van der Waals surface area contributed by atoms with E-state index in [2.05, 4.69) is 17.6 Å². The van der Waals surface area contributed by atoms with Crippen LogP contribution in [0.1, 0.15) is 31.7 Å². The molecule has 19 heavy (non-hydrogen) atoms. The molecule has 0 aliphatic heterocycles. The van der Waals surface area contributed by atoms with E-state index >= 15 is 0 Å². The minimum Gasteiger partial charge on any atom is -0.396 e. The summed E-state index contributed by atoms with van der Waals surface area (Å²) in [6.07, 6.45) is 2.82. The number of hydrogen-bond donors (Lipinski definition) is 3. The summed E-state index contributed by atoms with van der Waals surface area (Å²) in [5.41, 5.74) is 1.95. The van der Waals surface area contributed by atoms with Crippen LogP contribution in [0.2, 0.25) is 0 Å². The summed E-state index contributed by atoms with van der Waals surface area (Å²) in [4.78, 5) is 11.7. The van der Waals surface area contributed by atoms with Crippen LogP contribution in [0, 0.1) is 12.8 Å². The van der Waals surface area contributed by atoms with Crippen molar-refractivity contribution < 1.29 is 9.90 Å². The van der Waals surface area contributed by atoms with Gasteiger partial charge in [-0.3, -0.25) is 0 Å². The monoisotopic (exact) mass is 264 g/mol. The van der Waals surface area contributed by atoms with Crippen LogP contribution in [0.5, 0.6) is 0 Å². The summed E-state index contributed by atoms with van der Waals surface area (Å²) >= 11 is 0. The Morgan fingerprint density at radius 3 is 2.53 bits per heavy atom. The fraction of sp³-hybridized carbons (Fsp3) is 0.533. The maximum atomic E-state index is 11.7. The molecule has 0 aromatic heterocycles. The Morgan fingerprint density at radius 2 is 1.95 bits per heavy atom. The van der Waals surface area contributed by atoms with Gasteiger partial charge in [0.2, 0.25) is 0 Å². The molecule has 0 saturated carbocycles. The molecule has 0 radical (unpaired) electrons. The third-order valence-corrected chi connectivity index (χ3v) is 3.10. The first-order valence-corrected chi connectivity index (χ1v) is 6.88. The number of urea groups is 1. The second kappa shape index (κ2) is 8.53. The zero-order chi connectivity index (χ0) is 14.1. The average molecular weight is 264 g/mol. The van der Waals surface area contributed by atoms with Gasteiger partial charge in [0, 0.05) is 18.8 Å². The highest BCUT2D eigenvalue weighted by Crippen LogP contribution is 2.10. The summed E-state index contributed by atoms with van der Waals surface area (Å²) < 4.78 is 0. The molecule has 0 heterocycles. The lowest BCUT2D eigenvalue weighted by atomic mass is 10.0. The largest absolute Gasteiger partial charge is 0.396 e. The Hall–Kier alpha value is -1.55. The summed E-state index contributed by atoms with van der Waals surface area (Å²) in [6.45, 7) is 4.89. The topological polar surface area (TPSA) is 61.4 Å². The quantitative estimate of drug-likeness (QED) is 0.709. The molecule has 4 heteroatoms. The number of aryl methyl sites for hydroxylation is 1. The standard InChI is InChI=1S/C15H24N2O2/c1-3-4-13(9-10-18)11-16-15(19)17-14-7-5-12(2)6-8-14/h5-8,13,18H,3-4,9-11H2,1-2H3,(H2,16,17,19). The normalized spacial score (nSPS) is 11.9. The van der Waals surface area contributed by atoms with Crippen molar-refractivity contribution in [1.82, 2.24) is 5.32 Å². The number of carbonyl (C=O) groups is 1. The zero-order valence-electron chi connectivity index (χ0n) is 11.8. The van der Waals surface area contributed by atoms with Crippen molar-refractivity contribution in [3.05, 3.63) is 29.8 Å². The van der Waals surface area contributed by atoms with Gasteiger partial charge in [0.25, 0.3) is 0 Å². The highest BCUT2D eigenvalue weighted by atomic mass is 16.3. The SMILES string of the molecule is CCCC(CCO)CNC(=O)Nc1ccc(C)cc1. The van der Waals surface area contributed by atoms with Gasteiger partial charge >= 0.3 is 6.03 Å². The first-order valence-electron chi connectivity index (χ1n) is 6.88. The molecular weight excluding hydrogens is 240 g/mol. The van der Waals surface area contributed by atoms with Crippen LogP contribution in [0.25, 0.3) is 0 Å². The van der Waals surface area contributed by atoms with Crippen LogP contribution < -0.4 is 10.6 Å². The van der Waals surface area contributed by atoms with E-state index in [0.29, 0.717) is 12.5 Å². The van der Waals surface area contributed by atoms with Crippen molar-refractivity contribution in [2.75, 3.05) is 18.5 Å². The first kappa shape index (κ1) is 15.5. The molecule has 1 aromatic carbocycles. The summed E-state index contributed by atoms with van der Waals surface area (Å²) in [5.74, 6) is 0.346. The maximum Gasteiger partial charge on any atom is 0.319 e. The van der Waals surface area contributed by atoms with E-state index in [1.807, 2.05) is 31.2 Å². The molecule has 3 N–H and O–H groups in total. The minimum absolute atomic E-state index is 0.173. The van der Waals surface area contributed by atoms with E-state index in [1.54, 1.807) is 0 Å². The van der Waals surface area contributed by atoms with E-state index < -0.39 is 0 Å². The molecule has 0 bridgehead atoms. The second-order valence-corrected chi connectivity index (χ2v) is 4.87. The number of rotatable bonds is 7. The van der Waals surface area contributed by atoms with E-state index in [-0.39, 0.29) is 12.6 Å². The molecule has 2 amide bonds. The lowest BCUT2D eigenvalue weighted by molar-refractivity contribution is 0.237. The van der Waals surface area contributed by atoms with Crippen LogP contribution in [0.4, 0.5) is 10.5 Å². The summed E-state index contributed by atoms with van der Waals surface area (Å²) in [5, 5.41) is 14.6. The number of carbonyl (C=O) groups excluding carboxylic acids is 1. The van der Waals surface area contributed by atoms with E-state index in [0.717, 1.165) is 30.5 Å². The fourth-order valence-electron chi connectivity index (χ4n) is 1.99. The van der Waals surface area contributed by atoms with Crippen molar-refractivity contribution in [3.63, 3.8) is 0 Å². The smallest absolute Gasteiger partial charge is 0.319 e. The molecule has 4 nitrogen and oxygen atoms in total. The summed E-state index contributed by atoms with van der Waals surface area (Å²) in [7, 11) is 0. The van der Waals surface area contributed by atoms with E-state index in [4.69, 9.17) is 5.11 Å². The van der Waals surface area contributed by atoms with Gasteiger partial charge in [0.1, 0.15) is 0 Å². The molecular formula is C15H24N2O2. The van der Waals surface area contributed by atoms with Crippen LogP contribution in [0.3, 0.4) is 0 Å². The molecule has 1 atom stereocenters. The van der Waals surface area contributed by atoms with Crippen LogP contribution >= 0.6 is 0 Å². The lowest BCUT2D eigenvalue weighted by Crippen LogP contribution is -2.33. The van der Waals surface area contributed by atoms with Crippen molar-refractivity contribution in [1.29, 1.82) is 0 Å². The first-order chi connectivity index (χ1) is 9.15. The lowest BCUT2D eigenvalue weighted by Gasteiger charge is -2.16. The molecule has 0 fully saturated rings. The van der Waals surface area contributed by atoms with Crippen LogP contribution in [0.15, 0.2) is 24.3 Å². The maximum absolute atomic E-state index is 11.7. The molecule has 0 saturated heterocycles. The third kappa shape index (κ3) is 6.25. The van der Waals surface area contributed by atoms with Gasteiger partial charge in [0.05, 0.1) is 0 Å². The number of benzene rings is 1. The zero-order valence-corrected chi connectivity index (χ0v) is 11.8. The predicted octanol–water partition coefficient (Wildman–Crippen LogP) is 2.92. The second-order valence-electron chi connectivity index (χ2n) is 4.87. The van der Waals surface area contributed by atoms with Crippen LogP contribution in [-0.4, -0.2) is 24.3 Å². The van der Waals surface area contributed by atoms with Crippen molar-refractivity contribution in [2.45, 2.75) is 33.1 Å². The van der Waals surface area contributed by atoms with Crippen molar-refractivity contribution in [2.24, 2.45) is 5.92 Å². The fourth-order valence-corrected chi connectivity index (χ4v) is 1.99. The number of amides is 2. The minimum atomic E-state index is -0.192. The highest BCUT2D eigenvalue weighted by Gasteiger charge is 2.09. The van der Waals surface area contributed by atoms with Gasteiger partial charge in [-0.15, -0.1) is 0 Å². The Bertz CT molecular complexity index is 370. The molecule has 0 aliphatic carbocycles. The highest BCUT2D eigenvalue weighted by molar-refractivity contribution is 5.89. The van der Waals surface area contributed by atoms with Gasteiger partial charge in [0.15, 0.2) is 0 Å². The molecule has 1 rings (SSSR count). The number of aliphatic hydroxyl groups excluding tert-OH is 1. The number of anilines is 1. The average Bonchev–Trinajstić information content (AvgIpc) is 2.39. The Morgan fingerprint density at radius 1 is 1.26 bits per heavy atom. The van der Waals surface area contributed by atoms with Gasteiger partial charge in [-0.25, -0.2) is 4.79 Å². The van der Waals surface area contributed by atoms with Gasteiger partial charge in [-0.2, -0.15) is 0 Å². The third-order valence-electron chi connectivity index (χ3n) is 3.10. The Kier molecular flexibility index (Phi) is 6.97. The Balaban J connectivity index is 2.35. The van der Waals surface area contributed by atoms with Gasteiger partial charge in [-0.05, 0) is 37.8 Å². The number of nitrogens with one attached hydrogen (secondary N) is 2. The number of aliphatic hydroxyl groups is 1. The van der Waals surface area contributed by atoms with Gasteiger partial charge in [-0.1, -0.05) is 31.0 Å². The summed E-state index contributed by atoms with van der Waals surface area (Å²) in [6, 6.07) is 7.49. The molecule has 0 aliphatic rings.